The molecule has 1 aliphatic carbocycles. The fourth-order valence-electron chi connectivity index (χ4n) is 3.26. The minimum absolute atomic E-state index is 0.197. The van der Waals surface area contributed by atoms with Gasteiger partial charge in [-0.05, 0) is 24.5 Å². The highest BCUT2D eigenvalue weighted by atomic mass is 16.5. The zero-order valence-electron chi connectivity index (χ0n) is 14.2. The maximum Gasteiger partial charge on any atom is 0.213 e. The van der Waals surface area contributed by atoms with Gasteiger partial charge in [0, 0.05) is 31.1 Å². The average molecular weight is 332 g/mol. The van der Waals surface area contributed by atoms with Gasteiger partial charge >= 0.3 is 0 Å². The van der Waals surface area contributed by atoms with Crippen LogP contribution in [0, 0.1) is 0 Å². The van der Waals surface area contributed by atoms with Crippen molar-refractivity contribution in [3.63, 3.8) is 0 Å². The zero-order valence-corrected chi connectivity index (χ0v) is 14.2. The van der Waals surface area contributed by atoms with Gasteiger partial charge in [-0.1, -0.05) is 19.3 Å². The summed E-state index contributed by atoms with van der Waals surface area (Å²) in [6.07, 6.45) is 10.1. The molecule has 1 saturated carbocycles. The lowest BCUT2D eigenvalue weighted by atomic mass is 9.96. The van der Waals surface area contributed by atoms with Crippen LogP contribution in [-0.2, 0) is 11.3 Å². The molecule has 1 saturated heterocycles. The Bertz CT molecular complexity index is 538. The fourth-order valence-corrected chi connectivity index (χ4v) is 3.26. The summed E-state index contributed by atoms with van der Waals surface area (Å²) < 4.78 is 11.3. The van der Waals surface area contributed by atoms with E-state index in [2.05, 4.69) is 15.3 Å². The SMILES string of the molecule is NC(=NCc1ccnc(OC2CCOCC2)c1)NC1CCCCC1. The van der Waals surface area contributed by atoms with Crippen molar-refractivity contribution < 1.29 is 9.47 Å². The van der Waals surface area contributed by atoms with Crippen LogP contribution in [0.15, 0.2) is 23.3 Å². The predicted molar refractivity (Wildman–Crippen MR) is 94.0 cm³/mol. The summed E-state index contributed by atoms with van der Waals surface area (Å²) in [5, 5.41) is 3.34. The number of hydrogen-bond acceptors (Lipinski definition) is 4. The molecule has 132 valence electrons. The maximum atomic E-state index is 6.02. The molecule has 2 heterocycles. The van der Waals surface area contributed by atoms with E-state index in [0.29, 0.717) is 24.4 Å². The van der Waals surface area contributed by atoms with Crippen LogP contribution in [-0.4, -0.2) is 36.3 Å². The Kier molecular flexibility index (Phi) is 6.29. The highest BCUT2D eigenvalue weighted by Gasteiger charge is 2.16. The van der Waals surface area contributed by atoms with Crippen molar-refractivity contribution in [3.8, 4) is 5.88 Å². The second-order valence-corrected chi connectivity index (χ2v) is 6.61. The molecule has 0 amide bonds. The summed E-state index contributed by atoms with van der Waals surface area (Å²) >= 11 is 0. The first-order valence-corrected chi connectivity index (χ1v) is 9.05. The van der Waals surface area contributed by atoms with Gasteiger partial charge in [0.2, 0.25) is 5.88 Å². The van der Waals surface area contributed by atoms with Crippen molar-refractivity contribution >= 4 is 5.96 Å². The molecule has 0 spiro atoms. The van der Waals surface area contributed by atoms with Crippen molar-refractivity contribution in [2.24, 2.45) is 10.7 Å². The molecule has 6 heteroatoms. The average Bonchev–Trinajstić information content (AvgIpc) is 2.62. The van der Waals surface area contributed by atoms with E-state index >= 15 is 0 Å². The molecule has 1 aliphatic heterocycles. The topological polar surface area (TPSA) is 81.8 Å². The van der Waals surface area contributed by atoms with Crippen LogP contribution in [0.3, 0.4) is 0 Å². The third-order valence-corrected chi connectivity index (χ3v) is 4.64. The van der Waals surface area contributed by atoms with Gasteiger partial charge < -0.3 is 20.5 Å². The zero-order chi connectivity index (χ0) is 16.6. The summed E-state index contributed by atoms with van der Waals surface area (Å²) in [7, 11) is 0. The largest absolute Gasteiger partial charge is 0.474 e. The Morgan fingerprint density at radius 1 is 1.25 bits per heavy atom. The molecule has 1 aromatic rings. The molecule has 0 radical (unpaired) electrons. The van der Waals surface area contributed by atoms with Crippen molar-refractivity contribution in [1.82, 2.24) is 10.3 Å². The number of aliphatic imine (C=N–C) groups is 1. The van der Waals surface area contributed by atoms with Crippen LogP contribution in [0.5, 0.6) is 5.88 Å². The Morgan fingerprint density at radius 3 is 2.83 bits per heavy atom. The number of nitrogens with one attached hydrogen (secondary N) is 1. The monoisotopic (exact) mass is 332 g/mol. The maximum absolute atomic E-state index is 6.02. The van der Waals surface area contributed by atoms with Crippen LogP contribution in [0.2, 0.25) is 0 Å². The molecular weight excluding hydrogens is 304 g/mol. The number of aromatic nitrogens is 1. The smallest absolute Gasteiger partial charge is 0.213 e. The molecule has 3 N–H and O–H groups in total. The number of nitrogens with two attached hydrogens (primary N) is 1. The lowest BCUT2D eigenvalue weighted by Crippen LogP contribution is -2.41. The van der Waals surface area contributed by atoms with Gasteiger partial charge in [0.25, 0.3) is 0 Å². The molecule has 2 fully saturated rings. The van der Waals surface area contributed by atoms with Gasteiger partial charge in [0.1, 0.15) is 6.10 Å². The van der Waals surface area contributed by atoms with Gasteiger partial charge in [0.05, 0.1) is 19.8 Å². The second-order valence-electron chi connectivity index (χ2n) is 6.61. The first-order chi connectivity index (χ1) is 11.8. The first-order valence-electron chi connectivity index (χ1n) is 9.05. The fraction of sp³-hybridized carbons (Fsp3) is 0.667. The van der Waals surface area contributed by atoms with Crippen molar-refractivity contribution in [2.45, 2.75) is 63.6 Å². The Balaban J connectivity index is 1.50. The molecule has 0 bridgehead atoms. The third-order valence-electron chi connectivity index (χ3n) is 4.64. The molecule has 24 heavy (non-hydrogen) atoms. The minimum Gasteiger partial charge on any atom is -0.474 e. The molecule has 6 nitrogen and oxygen atoms in total. The summed E-state index contributed by atoms with van der Waals surface area (Å²) in [6, 6.07) is 4.38. The lowest BCUT2D eigenvalue weighted by molar-refractivity contribution is 0.0237. The second kappa shape index (κ2) is 8.87. The van der Waals surface area contributed by atoms with E-state index in [9.17, 15) is 0 Å². The van der Waals surface area contributed by atoms with E-state index in [1.54, 1.807) is 6.20 Å². The van der Waals surface area contributed by atoms with E-state index in [4.69, 9.17) is 15.2 Å². The molecule has 3 rings (SSSR count). The van der Waals surface area contributed by atoms with E-state index in [0.717, 1.165) is 31.6 Å². The van der Waals surface area contributed by atoms with E-state index in [1.165, 1.54) is 32.1 Å². The highest BCUT2D eigenvalue weighted by Crippen LogP contribution is 2.18. The van der Waals surface area contributed by atoms with Gasteiger partial charge in [-0.2, -0.15) is 0 Å². The van der Waals surface area contributed by atoms with Crippen LogP contribution >= 0.6 is 0 Å². The minimum atomic E-state index is 0.197. The van der Waals surface area contributed by atoms with Crippen LogP contribution in [0.1, 0.15) is 50.5 Å². The van der Waals surface area contributed by atoms with Crippen molar-refractivity contribution in [1.29, 1.82) is 0 Å². The van der Waals surface area contributed by atoms with Crippen LogP contribution < -0.4 is 15.8 Å². The number of pyridine rings is 1. The Hall–Kier alpha value is -1.82. The lowest BCUT2D eigenvalue weighted by Gasteiger charge is -2.23. The van der Waals surface area contributed by atoms with Crippen molar-refractivity contribution in [3.05, 3.63) is 23.9 Å². The summed E-state index contributed by atoms with van der Waals surface area (Å²) in [6.45, 7) is 2.06. The number of nitrogens with zero attached hydrogens (tertiary/aromatic N) is 2. The van der Waals surface area contributed by atoms with Crippen molar-refractivity contribution in [2.75, 3.05) is 13.2 Å². The van der Waals surface area contributed by atoms with Gasteiger partial charge in [-0.25, -0.2) is 9.98 Å². The molecule has 2 aliphatic rings. The number of ether oxygens (including phenoxy) is 2. The summed E-state index contributed by atoms with van der Waals surface area (Å²) in [5.74, 6) is 1.19. The normalized spacial score (nSPS) is 20.8. The highest BCUT2D eigenvalue weighted by molar-refractivity contribution is 5.78. The first kappa shape index (κ1) is 17.0. The summed E-state index contributed by atoms with van der Waals surface area (Å²) in [5.41, 5.74) is 7.07. The Labute approximate surface area is 143 Å². The number of rotatable bonds is 5. The van der Waals surface area contributed by atoms with Gasteiger partial charge in [-0.15, -0.1) is 0 Å². The quantitative estimate of drug-likeness (QED) is 0.639. The number of hydrogen-bond donors (Lipinski definition) is 2. The van der Waals surface area contributed by atoms with Crippen LogP contribution in [0.4, 0.5) is 0 Å². The Morgan fingerprint density at radius 2 is 2.04 bits per heavy atom. The number of guanidine groups is 1. The molecule has 1 aromatic heterocycles. The molecule has 0 atom stereocenters. The van der Waals surface area contributed by atoms with E-state index in [-0.39, 0.29) is 6.10 Å². The third kappa shape index (κ3) is 5.37. The van der Waals surface area contributed by atoms with Crippen LogP contribution in [0.25, 0.3) is 0 Å². The van der Waals surface area contributed by atoms with Gasteiger partial charge in [0.15, 0.2) is 5.96 Å². The predicted octanol–water partition coefficient (Wildman–Crippen LogP) is 2.38. The standard InChI is InChI=1S/C18H28N4O2/c19-18(22-15-4-2-1-3-5-15)21-13-14-6-9-20-17(12-14)24-16-7-10-23-11-8-16/h6,9,12,15-16H,1-5,7-8,10-11,13H2,(H3,19,21,22). The van der Waals surface area contributed by atoms with Gasteiger partial charge in [-0.3, -0.25) is 0 Å². The van der Waals surface area contributed by atoms with E-state index < -0.39 is 0 Å². The molecule has 0 unspecified atom stereocenters. The van der Waals surface area contributed by atoms with E-state index in [1.807, 2.05) is 12.1 Å². The summed E-state index contributed by atoms with van der Waals surface area (Å²) in [4.78, 5) is 8.75. The molecular formula is C18H28N4O2. The molecule has 0 aromatic carbocycles.